The molecule has 4 aliphatic rings. The van der Waals surface area contributed by atoms with E-state index in [1.807, 2.05) is 0 Å². The minimum absolute atomic E-state index is 0.0118. The molecule has 63 heavy (non-hydrogen) atoms. The van der Waals surface area contributed by atoms with Crippen molar-refractivity contribution < 1.29 is 47.8 Å². The van der Waals surface area contributed by atoms with Crippen LogP contribution in [-0.4, -0.2) is 110 Å². The lowest BCUT2D eigenvalue weighted by molar-refractivity contribution is 0.00109. The maximum absolute atomic E-state index is 13.4. The smallest absolute Gasteiger partial charge is 0.268 e. The first-order chi connectivity index (χ1) is 30.6. The standard InChI is InChI=1S/C45H28N8O10/c54-36-28-7-3-24(26-5-9-30-34(21-26)42(60)52(40(30)58)44-46-11-1-12-47-44)19-32(28)38(56)50(36)15-16-62-17-18-63-23-51-37(55)29-8-4-25(20-33(29)39(51)57)27-6-10-31-35(22-27)43(61)53(41(31)59)45-48-13-2-14-49-45/h1-14,19-22H,15-18,23H2. The van der Waals surface area contributed by atoms with Crippen molar-refractivity contribution in [3.8, 4) is 22.3 Å². The Labute approximate surface area is 355 Å². The fraction of sp³-hybridized carbons (Fsp3) is 0.111. The van der Waals surface area contributed by atoms with Crippen LogP contribution in [0.3, 0.4) is 0 Å². The zero-order valence-electron chi connectivity index (χ0n) is 32.6. The van der Waals surface area contributed by atoms with Crippen LogP contribution in [0.1, 0.15) is 82.9 Å². The summed E-state index contributed by atoms with van der Waals surface area (Å²) >= 11 is 0. The monoisotopic (exact) mass is 840 g/mol. The SMILES string of the molecule is O=C1c2ccc(-c3ccc4c(c3)C(=O)N(c3ncccn3)C4=O)cc2C(=O)N1CCOCCOCN1C(=O)c2ccc(-c3ccc4c(c3)C(=O)N(c3ncccn3)C4=O)cc2C1=O. The fourth-order valence-electron chi connectivity index (χ4n) is 7.81. The molecule has 0 atom stereocenters. The molecular weight excluding hydrogens is 813 g/mol. The topological polar surface area (TPSA) is 220 Å². The van der Waals surface area contributed by atoms with E-state index in [-0.39, 0.29) is 89.5 Å². The molecule has 0 spiro atoms. The molecule has 10 rings (SSSR count). The van der Waals surface area contributed by atoms with E-state index < -0.39 is 47.3 Å². The summed E-state index contributed by atoms with van der Waals surface area (Å²) < 4.78 is 11.2. The van der Waals surface area contributed by atoms with Crippen molar-refractivity contribution in [2.45, 2.75) is 0 Å². The highest BCUT2D eigenvalue weighted by molar-refractivity contribution is 6.35. The second-order valence-electron chi connectivity index (χ2n) is 14.5. The van der Waals surface area contributed by atoms with Gasteiger partial charge >= 0.3 is 0 Å². The Balaban J connectivity index is 0.716. The Morgan fingerprint density at radius 1 is 0.365 bits per heavy atom. The van der Waals surface area contributed by atoms with Crippen molar-refractivity contribution in [1.82, 2.24) is 29.7 Å². The van der Waals surface area contributed by atoms with Gasteiger partial charge in [0.15, 0.2) is 0 Å². The molecule has 4 aromatic carbocycles. The summed E-state index contributed by atoms with van der Waals surface area (Å²) in [6.45, 7) is -0.402. The van der Waals surface area contributed by atoms with Gasteiger partial charge in [-0.25, -0.2) is 34.6 Å². The predicted molar refractivity (Wildman–Crippen MR) is 218 cm³/mol. The molecule has 6 aromatic rings. The van der Waals surface area contributed by atoms with Crippen LogP contribution < -0.4 is 9.80 Å². The Bertz CT molecular complexity index is 2830. The Morgan fingerprint density at radius 2 is 0.698 bits per heavy atom. The van der Waals surface area contributed by atoms with Crippen molar-refractivity contribution >= 4 is 59.2 Å². The van der Waals surface area contributed by atoms with Crippen LogP contribution in [0.15, 0.2) is 110 Å². The van der Waals surface area contributed by atoms with E-state index in [2.05, 4.69) is 19.9 Å². The third-order valence-corrected chi connectivity index (χ3v) is 10.9. The number of nitrogens with zero attached hydrogens (tertiary/aromatic N) is 8. The van der Waals surface area contributed by atoms with Gasteiger partial charge in [-0.05, 0) is 82.9 Å². The van der Waals surface area contributed by atoms with Crippen LogP contribution >= 0.6 is 0 Å². The van der Waals surface area contributed by atoms with Gasteiger partial charge in [0.05, 0.1) is 70.9 Å². The second-order valence-corrected chi connectivity index (χ2v) is 14.5. The largest absolute Gasteiger partial charge is 0.377 e. The number of aromatic nitrogens is 4. The summed E-state index contributed by atoms with van der Waals surface area (Å²) in [5, 5.41) is 0. The van der Waals surface area contributed by atoms with Crippen molar-refractivity contribution in [2.24, 2.45) is 0 Å². The van der Waals surface area contributed by atoms with Crippen LogP contribution in [0.5, 0.6) is 0 Å². The van der Waals surface area contributed by atoms with E-state index >= 15 is 0 Å². The molecule has 308 valence electrons. The number of anilines is 2. The molecule has 0 saturated carbocycles. The zero-order valence-corrected chi connectivity index (χ0v) is 32.6. The lowest BCUT2D eigenvalue weighted by Crippen LogP contribution is -2.34. The van der Waals surface area contributed by atoms with Crippen LogP contribution in [0.4, 0.5) is 11.9 Å². The number of fused-ring (bicyclic) bond motifs is 4. The van der Waals surface area contributed by atoms with E-state index in [1.54, 1.807) is 60.7 Å². The third kappa shape index (κ3) is 6.35. The number of carbonyl (C=O) groups excluding carboxylic acids is 8. The van der Waals surface area contributed by atoms with Gasteiger partial charge in [0.25, 0.3) is 47.3 Å². The average Bonchev–Trinajstić information content (AvgIpc) is 3.91. The van der Waals surface area contributed by atoms with Gasteiger partial charge in [0.2, 0.25) is 11.9 Å². The number of hydrogen-bond acceptors (Lipinski definition) is 14. The normalized spacial score (nSPS) is 15.2. The number of benzene rings is 4. The summed E-state index contributed by atoms with van der Waals surface area (Å²) in [7, 11) is 0. The lowest BCUT2D eigenvalue weighted by Gasteiger charge is -2.15. The number of amides is 8. The molecule has 18 heteroatoms. The fourth-order valence-corrected chi connectivity index (χ4v) is 7.81. The predicted octanol–water partition coefficient (Wildman–Crippen LogP) is 4.08. The van der Waals surface area contributed by atoms with Gasteiger partial charge in [-0.15, -0.1) is 0 Å². The molecule has 0 radical (unpaired) electrons. The molecule has 0 fully saturated rings. The Hall–Kier alpha value is -8.48. The van der Waals surface area contributed by atoms with Crippen molar-refractivity contribution in [3.05, 3.63) is 154 Å². The molecule has 8 amide bonds. The molecule has 0 saturated heterocycles. The summed E-state index contributed by atoms with van der Waals surface area (Å²) in [5.41, 5.74) is 3.64. The molecular formula is C45H28N8O10. The summed E-state index contributed by atoms with van der Waals surface area (Å²) in [5.74, 6) is -4.46. The molecule has 0 aliphatic carbocycles. The van der Waals surface area contributed by atoms with E-state index in [9.17, 15) is 38.4 Å². The number of rotatable bonds is 12. The first-order valence-corrected chi connectivity index (χ1v) is 19.4. The van der Waals surface area contributed by atoms with E-state index in [1.165, 1.54) is 49.1 Å². The van der Waals surface area contributed by atoms with Gasteiger partial charge in [0.1, 0.15) is 6.73 Å². The van der Waals surface area contributed by atoms with E-state index in [4.69, 9.17) is 9.47 Å². The molecule has 6 heterocycles. The van der Waals surface area contributed by atoms with Gasteiger partial charge in [-0.2, -0.15) is 0 Å². The maximum atomic E-state index is 13.4. The van der Waals surface area contributed by atoms with Crippen molar-refractivity contribution in [2.75, 3.05) is 42.9 Å². The number of hydrogen-bond donors (Lipinski definition) is 0. The highest BCUT2D eigenvalue weighted by Crippen LogP contribution is 2.35. The summed E-state index contributed by atoms with van der Waals surface area (Å²) in [6, 6.07) is 22.1. The number of carbonyl (C=O) groups is 8. The molecule has 0 bridgehead atoms. The zero-order chi connectivity index (χ0) is 43.5. The first-order valence-electron chi connectivity index (χ1n) is 19.4. The quantitative estimate of drug-likeness (QED) is 0.125. The molecule has 0 N–H and O–H groups in total. The lowest BCUT2D eigenvalue weighted by atomic mass is 9.97. The van der Waals surface area contributed by atoms with Crippen molar-refractivity contribution in [1.29, 1.82) is 0 Å². The van der Waals surface area contributed by atoms with E-state index in [0.29, 0.717) is 22.3 Å². The minimum Gasteiger partial charge on any atom is -0.377 e. The Morgan fingerprint density at radius 3 is 1.14 bits per heavy atom. The van der Waals surface area contributed by atoms with E-state index in [0.717, 1.165) is 19.6 Å². The number of ether oxygens (including phenoxy) is 2. The molecule has 2 aromatic heterocycles. The second kappa shape index (κ2) is 15.2. The molecule has 4 aliphatic heterocycles. The highest BCUT2D eigenvalue weighted by Gasteiger charge is 2.41. The van der Waals surface area contributed by atoms with Crippen LogP contribution in [-0.2, 0) is 9.47 Å². The van der Waals surface area contributed by atoms with Gasteiger partial charge in [-0.1, -0.05) is 24.3 Å². The maximum Gasteiger partial charge on any atom is 0.268 e. The molecule has 18 nitrogen and oxygen atoms in total. The van der Waals surface area contributed by atoms with Crippen LogP contribution in [0.2, 0.25) is 0 Å². The van der Waals surface area contributed by atoms with Gasteiger partial charge in [0, 0.05) is 24.8 Å². The van der Waals surface area contributed by atoms with Gasteiger partial charge < -0.3 is 9.47 Å². The van der Waals surface area contributed by atoms with Crippen molar-refractivity contribution in [3.63, 3.8) is 0 Å². The summed E-state index contributed by atoms with van der Waals surface area (Å²) in [4.78, 5) is 125. The Kier molecular flexibility index (Phi) is 9.34. The van der Waals surface area contributed by atoms with Gasteiger partial charge in [-0.3, -0.25) is 43.3 Å². The third-order valence-electron chi connectivity index (χ3n) is 10.9. The number of imide groups is 4. The average molecular weight is 841 g/mol. The summed E-state index contributed by atoms with van der Waals surface area (Å²) in [6.07, 6.45) is 5.71. The van der Waals surface area contributed by atoms with Crippen LogP contribution in [0.25, 0.3) is 22.3 Å². The highest BCUT2D eigenvalue weighted by atomic mass is 16.5. The van der Waals surface area contributed by atoms with Crippen LogP contribution in [0, 0.1) is 0 Å². The minimum atomic E-state index is -0.580. The molecule has 0 unspecified atom stereocenters. The first kappa shape index (κ1) is 38.7.